The van der Waals surface area contributed by atoms with Crippen LogP contribution in [0.1, 0.15) is 38.2 Å². The van der Waals surface area contributed by atoms with E-state index in [0.29, 0.717) is 17.2 Å². The monoisotopic (exact) mass is 301 g/mol. The summed E-state index contributed by atoms with van der Waals surface area (Å²) in [5.41, 5.74) is 0.903. The quantitative estimate of drug-likeness (QED) is 0.848. The molecule has 1 amide bonds. The fourth-order valence-electron chi connectivity index (χ4n) is 1.82. The largest absolute Gasteiger partial charge is 0.453 e. The summed E-state index contributed by atoms with van der Waals surface area (Å²) in [7, 11) is 0. The van der Waals surface area contributed by atoms with Crippen molar-refractivity contribution in [3.05, 3.63) is 42.2 Å². The minimum atomic E-state index is -0.540. The molecular weight excluding hydrogens is 282 g/mol. The van der Waals surface area contributed by atoms with Gasteiger partial charge in [0.25, 0.3) is 0 Å². The van der Waals surface area contributed by atoms with Crippen molar-refractivity contribution in [2.75, 3.05) is 5.32 Å². The van der Waals surface area contributed by atoms with E-state index in [1.165, 1.54) is 6.92 Å². The first kappa shape index (κ1) is 15.8. The normalized spacial score (nSPS) is 11.1. The highest BCUT2D eigenvalue weighted by Gasteiger charge is 2.16. The Bertz CT molecular complexity index is 677. The molecular formula is C17H19NO4. The lowest BCUT2D eigenvalue weighted by Crippen LogP contribution is -2.27. The summed E-state index contributed by atoms with van der Waals surface area (Å²) in [4.78, 5) is 22.9. The zero-order valence-electron chi connectivity index (χ0n) is 13.1. The maximum absolute atomic E-state index is 11.7. The molecule has 1 aromatic carbocycles. The van der Waals surface area contributed by atoms with Crippen molar-refractivity contribution in [3.63, 3.8) is 0 Å². The van der Waals surface area contributed by atoms with Crippen LogP contribution in [0.3, 0.4) is 0 Å². The molecule has 0 unspecified atom stereocenters. The number of rotatable bonds is 3. The first-order valence-electron chi connectivity index (χ1n) is 6.96. The lowest BCUT2D eigenvalue weighted by atomic mass is 10.1. The Labute approximate surface area is 129 Å². The van der Waals surface area contributed by atoms with Crippen molar-refractivity contribution in [2.24, 2.45) is 0 Å². The predicted molar refractivity (Wildman–Crippen MR) is 84.0 cm³/mol. The molecule has 0 aliphatic rings. The highest BCUT2D eigenvalue weighted by Crippen LogP contribution is 2.24. The smallest absolute Gasteiger partial charge is 0.412 e. The molecule has 1 aromatic heterocycles. The standard InChI is InChI=1S/C17H19NO4/c1-11(19)14-9-10-15(21-14)12-5-7-13(8-6-12)18-16(20)22-17(2,3)4/h5-10H,1-4H3,(H,18,20). The van der Waals surface area contributed by atoms with Gasteiger partial charge in [-0.25, -0.2) is 4.79 Å². The van der Waals surface area contributed by atoms with Crippen LogP contribution in [0.5, 0.6) is 0 Å². The number of ketones is 1. The highest BCUT2D eigenvalue weighted by atomic mass is 16.6. The molecule has 0 saturated heterocycles. The van der Waals surface area contributed by atoms with Crippen LogP contribution in [0, 0.1) is 0 Å². The average Bonchev–Trinajstić information content (AvgIpc) is 2.87. The molecule has 2 rings (SSSR count). The number of anilines is 1. The van der Waals surface area contributed by atoms with E-state index in [0.717, 1.165) is 5.56 Å². The van der Waals surface area contributed by atoms with Gasteiger partial charge in [0.15, 0.2) is 11.5 Å². The van der Waals surface area contributed by atoms with Crippen molar-refractivity contribution >= 4 is 17.6 Å². The van der Waals surface area contributed by atoms with E-state index in [4.69, 9.17) is 9.15 Å². The van der Waals surface area contributed by atoms with Crippen LogP contribution in [-0.4, -0.2) is 17.5 Å². The van der Waals surface area contributed by atoms with Crippen LogP contribution in [0.15, 0.2) is 40.8 Å². The van der Waals surface area contributed by atoms with E-state index in [9.17, 15) is 9.59 Å². The molecule has 0 aliphatic carbocycles. The molecule has 1 N–H and O–H groups in total. The number of benzene rings is 1. The molecule has 0 fully saturated rings. The number of amides is 1. The summed E-state index contributed by atoms with van der Waals surface area (Å²) >= 11 is 0. The Morgan fingerprint density at radius 1 is 1.05 bits per heavy atom. The molecule has 0 radical (unpaired) electrons. The molecule has 1 heterocycles. The highest BCUT2D eigenvalue weighted by molar-refractivity contribution is 5.92. The molecule has 22 heavy (non-hydrogen) atoms. The van der Waals surface area contributed by atoms with Gasteiger partial charge >= 0.3 is 6.09 Å². The molecule has 5 nitrogen and oxygen atoms in total. The first-order chi connectivity index (χ1) is 10.2. The van der Waals surface area contributed by atoms with E-state index in [-0.39, 0.29) is 5.78 Å². The summed E-state index contributed by atoms with van der Waals surface area (Å²) in [6.45, 7) is 6.87. The van der Waals surface area contributed by atoms with Gasteiger partial charge in [0.1, 0.15) is 11.4 Å². The van der Waals surface area contributed by atoms with Crippen molar-refractivity contribution in [2.45, 2.75) is 33.3 Å². The maximum Gasteiger partial charge on any atom is 0.412 e. The fourth-order valence-corrected chi connectivity index (χ4v) is 1.82. The van der Waals surface area contributed by atoms with E-state index >= 15 is 0 Å². The van der Waals surface area contributed by atoms with Gasteiger partial charge in [-0.05, 0) is 57.2 Å². The van der Waals surface area contributed by atoms with E-state index < -0.39 is 11.7 Å². The van der Waals surface area contributed by atoms with Crippen LogP contribution < -0.4 is 5.32 Å². The van der Waals surface area contributed by atoms with Crippen LogP contribution in [0.2, 0.25) is 0 Å². The summed E-state index contributed by atoms with van der Waals surface area (Å²) in [6, 6.07) is 10.5. The predicted octanol–water partition coefficient (Wildman–Crippen LogP) is 4.50. The third-order valence-corrected chi connectivity index (χ3v) is 2.77. The van der Waals surface area contributed by atoms with Crippen LogP contribution in [0.25, 0.3) is 11.3 Å². The van der Waals surface area contributed by atoms with Crippen molar-refractivity contribution in [1.82, 2.24) is 0 Å². The Morgan fingerprint density at radius 2 is 1.68 bits per heavy atom. The third-order valence-electron chi connectivity index (χ3n) is 2.77. The van der Waals surface area contributed by atoms with Crippen LogP contribution in [0.4, 0.5) is 10.5 Å². The Hall–Kier alpha value is -2.56. The first-order valence-corrected chi connectivity index (χ1v) is 6.96. The molecule has 0 spiro atoms. The minimum Gasteiger partial charge on any atom is -0.453 e. The molecule has 0 atom stereocenters. The summed E-state index contributed by atoms with van der Waals surface area (Å²) in [6.07, 6.45) is -0.503. The van der Waals surface area contributed by atoms with Crippen molar-refractivity contribution < 1.29 is 18.7 Å². The number of furan rings is 1. The topological polar surface area (TPSA) is 68.5 Å². The second-order valence-corrected chi connectivity index (χ2v) is 5.92. The minimum absolute atomic E-state index is 0.116. The van der Waals surface area contributed by atoms with Gasteiger partial charge in [-0.15, -0.1) is 0 Å². The van der Waals surface area contributed by atoms with Crippen LogP contribution >= 0.6 is 0 Å². The fraction of sp³-hybridized carbons (Fsp3) is 0.294. The average molecular weight is 301 g/mol. The number of ether oxygens (including phenoxy) is 1. The molecule has 0 bridgehead atoms. The third kappa shape index (κ3) is 4.22. The zero-order valence-corrected chi connectivity index (χ0v) is 13.1. The molecule has 2 aromatic rings. The second-order valence-electron chi connectivity index (χ2n) is 5.92. The lowest BCUT2D eigenvalue weighted by molar-refractivity contribution is 0.0635. The molecule has 116 valence electrons. The molecule has 5 heteroatoms. The van der Waals surface area contributed by atoms with Gasteiger partial charge in [-0.3, -0.25) is 10.1 Å². The Kier molecular flexibility index (Phi) is 4.35. The van der Waals surface area contributed by atoms with Crippen LogP contribution in [-0.2, 0) is 4.74 Å². The van der Waals surface area contributed by atoms with Crippen molar-refractivity contribution in [1.29, 1.82) is 0 Å². The Morgan fingerprint density at radius 3 is 2.18 bits per heavy atom. The van der Waals surface area contributed by atoms with Gasteiger partial charge in [0, 0.05) is 18.2 Å². The summed E-state index contributed by atoms with van der Waals surface area (Å²) in [5, 5.41) is 2.65. The van der Waals surface area contributed by atoms with Crippen molar-refractivity contribution in [3.8, 4) is 11.3 Å². The zero-order chi connectivity index (χ0) is 16.3. The number of carbonyl (C=O) groups is 2. The molecule has 0 saturated carbocycles. The molecule has 0 aliphatic heterocycles. The lowest BCUT2D eigenvalue weighted by Gasteiger charge is -2.19. The van der Waals surface area contributed by atoms with E-state index in [2.05, 4.69) is 5.32 Å². The van der Waals surface area contributed by atoms with E-state index in [1.54, 1.807) is 57.2 Å². The summed E-state index contributed by atoms with van der Waals surface area (Å²) in [5.74, 6) is 0.814. The number of carbonyl (C=O) groups excluding carboxylic acids is 2. The number of nitrogens with one attached hydrogen (secondary N) is 1. The maximum atomic E-state index is 11.7. The number of hydrogen-bond acceptors (Lipinski definition) is 4. The SMILES string of the molecule is CC(=O)c1ccc(-c2ccc(NC(=O)OC(C)(C)C)cc2)o1. The number of hydrogen-bond donors (Lipinski definition) is 1. The summed E-state index contributed by atoms with van der Waals surface area (Å²) < 4.78 is 10.6. The Balaban J connectivity index is 2.06. The number of Topliss-reactive ketones (excluding diaryl/α,β-unsaturated/α-hetero) is 1. The van der Waals surface area contributed by atoms with Gasteiger partial charge in [-0.1, -0.05) is 0 Å². The van der Waals surface area contributed by atoms with E-state index in [1.807, 2.05) is 0 Å². The van der Waals surface area contributed by atoms with Gasteiger partial charge in [0.05, 0.1) is 0 Å². The van der Waals surface area contributed by atoms with Gasteiger partial charge in [-0.2, -0.15) is 0 Å². The second kappa shape index (κ2) is 6.05. The van der Waals surface area contributed by atoms with Gasteiger partial charge in [0.2, 0.25) is 0 Å². The van der Waals surface area contributed by atoms with Gasteiger partial charge < -0.3 is 9.15 Å².